The minimum atomic E-state index is 0.191. The standard InChI is InChI=1S/C14H16N2O/c1-3-12(17)9-15-13-8-7-11-6-4-5-10(2)14(11)16-13/h4-8H,3,9H2,1-2H3,(H,15,16). The van der Waals surface area contributed by atoms with E-state index in [0.717, 1.165) is 22.3 Å². The van der Waals surface area contributed by atoms with E-state index in [9.17, 15) is 4.79 Å². The number of rotatable bonds is 4. The molecule has 0 fully saturated rings. The second-order valence-electron chi connectivity index (χ2n) is 4.09. The summed E-state index contributed by atoms with van der Waals surface area (Å²) >= 11 is 0. The molecule has 3 nitrogen and oxygen atoms in total. The largest absolute Gasteiger partial charge is 0.363 e. The Balaban J connectivity index is 2.25. The molecule has 0 aliphatic heterocycles. The smallest absolute Gasteiger partial charge is 0.151 e. The molecule has 0 aliphatic rings. The minimum Gasteiger partial charge on any atom is -0.363 e. The van der Waals surface area contributed by atoms with Crippen LogP contribution < -0.4 is 5.32 Å². The fraction of sp³-hybridized carbons (Fsp3) is 0.286. The number of Topliss-reactive ketones (excluding diaryl/α,β-unsaturated/α-hetero) is 1. The maximum atomic E-state index is 11.2. The van der Waals surface area contributed by atoms with Crippen molar-refractivity contribution >= 4 is 22.5 Å². The second-order valence-corrected chi connectivity index (χ2v) is 4.09. The van der Waals surface area contributed by atoms with Crippen molar-refractivity contribution in [1.82, 2.24) is 4.98 Å². The monoisotopic (exact) mass is 228 g/mol. The Morgan fingerprint density at radius 1 is 1.29 bits per heavy atom. The first kappa shape index (κ1) is 11.6. The number of carbonyl (C=O) groups excluding carboxylic acids is 1. The summed E-state index contributed by atoms with van der Waals surface area (Å²) in [6, 6.07) is 10.0. The van der Waals surface area contributed by atoms with Gasteiger partial charge >= 0.3 is 0 Å². The number of pyridine rings is 1. The topological polar surface area (TPSA) is 42.0 Å². The quantitative estimate of drug-likeness (QED) is 0.874. The molecule has 0 spiro atoms. The predicted octanol–water partition coefficient (Wildman–Crippen LogP) is 2.93. The number of fused-ring (bicyclic) bond motifs is 1. The highest BCUT2D eigenvalue weighted by Crippen LogP contribution is 2.18. The molecule has 1 aromatic heterocycles. The van der Waals surface area contributed by atoms with Gasteiger partial charge in [-0.25, -0.2) is 4.98 Å². The van der Waals surface area contributed by atoms with Gasteiger partial charge in [-0.1, -0.05) is 25.1 Å². The molecule has 0 saturated heterocycles. The maximum Gasteiger partial charge on any atom is 0.151 e. The number of benzene rings is 1. The molecule has 0 bridgehead atoms. The molecular formula is C14H16N2O. The van der Waals surface area contributed by atoms with Crippen LogP contribution in [0, 0.1) is 6.92 Å². The van der Waals surface area contributed by atoms with E-state index < -0.39 is 0 Å². The van der Waals surface area contributed by atoms with Crippen molar-refractivity contribution in [3.63, 3.8) is 0 Å². The average Bonchev–Trinajstić information content (AvgIpc) is 2.36. The molecule has 0 amide bonds. The number of aromatic nitrogens is 1. The molecule has 1 heterocycles. The second kappa shape index (κ2) is 4.95. The molecule has 0 radical (unpaired) electrons. The number of nitrogens with zero attached hydrogens (tertiary/aromatic N) is 1. The van der Waals surface area contributed by atoms with E-state index in [1.807, 2.05) is 44.2 Å². The third kappa shape index (κ3) is 2.61. The molecule has 0 aliphatic carbocycles. The van der Waals surface area contributed by atoms with Gasteiger partial charge in [0, 0.05) is 11.8 Å². The van der Waals surface area contributed by atoms with E-state index in [2.05, 4.69) is 10.3 Å². The summed E-state index contributed by atoms with van der Waals surface area (Å²) in [6.07, 6.45) is 0.555. The molecule has 88 valence electrons. The summed E-state index contributed by atoms with van der Waals surface area (Å²) in [5.74, 6) is 0.949. The van der Waals surface area contributed by atoms with Crippen LogP contribution in [0.15, 0.2) is 30.3 Å². The van der Waals surface area contributed by atoms with Crippen LogP contribution in [0.3, 0.4) is 0 Å². The van der Waals surface area contributed by atoms with Crippen LogP contribution in [0.1, 0.15) is 18.9 Å². The third-order valence-electron chi connectivity index (χ3n) is 2.78. The summed E-state index contributed by atoms with van der Waals surface area (Å²) < 4.78 is 0. The molecule has 1 N–H and O–H groups in total. The van der Waals surface area contributed by atoms with Gasteiger partial charge in [-0.2, -0.15) is 0 Å². The Morgan fingerprint density at radius 2 is 2.12 bits per heavy atom. The molecule has 2 aromatic rings. The van der Waals surface area contributed by atoms with E-state index in [-0.39, 0.29) is 5.78 Å². The number of hydrogen-bond acceptors (Lipinski definition) is 3. The van der Waals surface area contributed by atoms with Crippen molar-refractivity contribution in [1.29, 1.82) is 0 Å². The summed E-state index contributed by atoms with van der Waals surface area (Å²) in [6.45, 7) is 4.25. The third-order valence-corrected chi connectivity index (χ3v) is 2.78. The van der Waals surface area contributed by atoms with Crippen molar-refractivity contribution < 1.29 is 4.79 Å². The van der Waals surface area contributed by atoms with Crippen LogP contribution in [0.2, 0.25) is 0 Å². The normalized spacial score (nSPS) is 10.5. The lowest BCUT2D eigenvalue weighted by atomic mass is 10.1. The fourth-order valence-corrected chi connectivity index (χ4v) is 1.71. The molecule has 3 heteroatoms. The van der Waals surface area contributed by atoms with Crippen LogP contribution in [-0.4, -0.2) is 17.3 Å². The summed E-state index contributed by atoms with van der Waals surface area (Å²) in [5.41, 5.74) is 2.13. The summed E-state index contributed by atoms with van der Waals surface area (Å²) in [4.78, 5) is 15.7. The van der Waals surface area contributed by atoms with Crippen LogP contribution in [0.25, 0.3) is 10.9 Å². The van der Waals surface area contributed by atoms with Crippen LogP contribution >= 0.6 is 0 Å². The Morgan fingerprint density at radius 3 is 2.88 bits per heavy atom. The average molecular weight is 228 g/mol. The van der Waals surface area contributed by atoms with Gasteiger partial charge in [0.25, 0.3) is 0 Å². The van der Waals surface area contributed by atoms with Gasteiger partial charge in [0.05, 0.1) is 12.1 Å². The number of nitrogens with one attached hydrogen (secondary N) is 1. The highest BCUT2D eigenvalue weighted by Gasteiger charge is 2.02. The Kier molecular flexibility index (Phi) is 3.38. The minimum absolute atomic E-state index is 0.191. The van der Waals surface area contributed by atoms with Crippen molar-refractivity contribution in [2.45, 2.75) is 20.3 Å². The Labute approximate surface area is 101 Å². The lowest BCUT2D eigenvalue weighted by molar-refractivity contribution is -0.117. The SMILES string of the molecule is CCC(=O)CNc1ccc2cccc(C)c2n1. The van der Waals surface area contributed by atoms with Crippen LogP contribution in [-0.2, 0) is 4.79 Å². The van der Waals surface area contributed by atoms with Gasteiger partial charge in [0.15, 0.2) is 5.78 Å². The van der Waals surface area contributed by atoms with E-state index in [4.69, 9.17) is 0 Å². The molecule has 17 heavy (non-hydrogen) atoms. The first-order chi connectivity index (χ1) is 8.20. The van der Waals surface area contributed by atoms with Crippen molar-refractivity contribution in [2.24, 2.45) is 0 Å². The lowest BCUT2D eigenvalue weighted by Crippen LogP contribution is -2.13. The van der Waals surface area contributed by atoms with Crippen molar-refractivity contribution in [3.8, 4) is 0 Å². The Hall–Kier alpha value is -1.90. The number of hydrogen-bond donors (Lipinski definition) is 1. The molecule has 0 unspecified atom stereocenters. The summed E-state index contributed by atoms with van der Waals surface area (Å²) in [5, 5.41) is 4.18. The predicted molar refractivity (Wildman–Crippen MR) is 70.3 cm³/mol. The highest BCUT2D eigenvalue weighted by molar-refractivity contribution is 5.85. The zero-order valence-electron chi connectivity index (χ0n) is 10.2. The number of para-hydroxylation sites is 1. The number of carbonyl (C=O) groups is 1. The molecular weight excluding hydrogens is 212 g/mol. The van der Waals surface area contributed by atoms with Gasteiger partial charge in [-0.05, 0) is 24.6 Å². The number of aryl methyl sites for hydroxylation is 1. The van der Waals surface area contributed by atoms with E-state index in [0.29, 0.717) is 13.0 Å². The first-order valence-electron chi connectivity index (χ1n) is 5.82. The molecule has 1 aromatic carbocycles. The molecule has 0 saturated carbocycles. The highest BCUT2D eigenvalue weighted by atomic mass is 16.1. The summed E-state index contributed by atoms with van der Waals surface area (Å²) in [7, 11) is 0. The maximum absolute atomic E-state index is 11.2. The first-order valence-corrected chi connectivity index (χ1v) is 5.82. The van der Waals surface area contributed by atoms with Gasteiger partial charge < -0.3 is 5.32 Å². The molecule has 2 rings (SSSR count). The van der Waals surface area contributed by atoms with Gasteiger partial charge in [-0.3, -0.25) is 4.79 Å². The van der Waals surface area contributed by atoms with E-state index >= 15 is 0 Å². The Bertz CT molecular complexity index is 549. The van der Waals surface area contributed by atoms with E-state index in [1.165, 1.54) is 0 Å². The van der Waals surface area contributed by atoms with Gasteiger partial charge in [-0.15, -0.1) is 0 Å². The van der Waals surface area contributed by atoms with Crippen molar-refractivity contribution in [2.75, 3.05) is 11.9 Å². The fourth-order valence-electron chi connectivity index (χ4n) is 1.71. The van der Waals surface area contributed by atoms with Crippen LogP contribution in [0.5, 0.6) is 0 Å². The van der Waals surface area contributed by atoms with Gasteiger partial charge in [0.1, 0.15) is 5.82 Å². The molecule has 0 atom stereocenters. The number of ketones is 1. The van der Waals surface area contributed by atoms with Crippen LogP contribution in [0.4, 0.5) is 5.82 Å². The zero-order chi connectivity index (χ0) is 12.3. The number of anilines is 1. The van der Waals surface area contributed by atoms with Gasteiger partial charge in [0.2, 0.25) is 0 Å². The lowest BCUT2D eigenvalue weighted by Gasteiger charge is -2.06. The van der Waals surface area contributed by atoms with E-state index in [1.54, 1.807) is 0 Å². The zero-order valence-corrected chi connectivity index (χ0v) is 10.2. The van der Waals surface area contributed by atoms with Crippen molar-refractivity contribution in [3.05, 3.63) is 35.9 Å².